The van der Waals surface area contributed by atoms with E-state index in [4.69, 9.17) is 20.3 Å². The number of benzene rings is 1. The first kappa shape index (κ1) is 27.9. The van der Waals surface area contributed by atoms with Gasteiger partial charge in [0.25, 0.3) is 0 Å². The van der Waals surface area contributed by atoms with Crippen LogP contribution in [0.4, 0.5) is 23.5 Å². The van der Waals surface area contributed by atoms with Crippen molar-refractivity contribution in [2.45, 2.75) is 12.8 Å². The SMILES string of the molecule is C=CCNc1nc(NCCCO)nc(Nc2ccc(CC(=O)NCCOCCOCCN)cc2)n1. The van der Waals surface area contributed by atoms with E-state index < -0.39 is 0 Å². The fraction of sp³-hybridized carbons (Fsp3) is 0.478. The lowest BCUT2D eigenvalue weighted by molar-refractivity contribution is -0.120. The number of ether oxygens (including phenoxy) is 2. The minimum absolute atomic E-state index is 0.0773. The molecule has 1 aromatic heterocycles. The van der Waals surface area contributed by atoms with Crippen LogP contribution in [0, 0.1) is 0 Å². The monoisotopic (exact) mass is 488 g/mol. The number of hydrogen-bond donors (Lipinski definition) is 6. The number of anilines is 4. The van der Waals surface area contributed by atoms with E-state index in [1.54, 1.807) is 6.08 Å². The van der Waals surface area contributed by atoms with E-state index in [0.717, 1.165) is 11.3 Å². The first-order valence-corrected chi connectivity index (χ1v) is 11.6. The molecule has 192 valence electrons. The second kappa shape index (κ2) is 17.2. The number of aromatic nitrogens is 3. The highest BCUT2D eigenvalue weighted by molar-refractivity contribution is 5.78. The second-order valence-electron chi connectivity index (χ2n) is 7.34. The molecule has 35 heavy (non-hydrogen) atoms. The summed E-state index contributed by atoms with van der Waals surface area (Å²) in [6.07, 6.45) is 2.55. The lowest BCUT2D eigenvalue weighted by Gasteiger charge is -2.11. The highest BCUT2D eigenvalue weighted by atomic mass is 16.5. The number of nitrogens with two attached hydrogens (primary N) is 1. The minimum atomic E-state index is -0.0808. The van der Waals surface area contributed by atoms with Crippen molar-refractivity contribution < 1.29 is 19.4 Å². The van der Waals surface area contributed by atoms with Gasteiger partial charge in [-0.25, -0.2) is 0 Å². The predicted molar refractivity (Wildman–Crippen MR) is 136 cm³/mol. The molecule has 0 aliphatic heterocycles. The standard InChI is InChI=1S/C23H36N8O4/c1-2-9-26-21-29-22(27-10-3-12-32)31-23(30-21)28-19-6-4-18(5-7-19)17-20(33)25-11-14-35-16-15-34-13-8-24/h2,4-7,32H,1,3,8-17,24H2,(H,25,33)(H3,26,27,28,29,30,31). The van der Waals surface area contributed by atoms with Crippen molar-refractivity contribution in [2.24, 2.45) is 5.73 Å². The molecule has 0 saturated carbocycles. The first-order valence-electron chi connectivity index (χ1n) is 11.6. The molecule has 0 unspecified atom stereocenters. The van der Waals surface area contributed by atoms with Crippen molar-refractivity contribution in [1.29, 1.82) is 0 Å². The zero-order chi connectivity index (χ0) is 25.1. The highest BCUT2D eigenvalue weighted by Gasteiger charge is 2.08. The summed E-state index contributed by atoms with van der Waals surface area (Å²) in [5.74, 6) is 1.07. The van der Waals surface area contributed by atoms with E-state index in [9.17, 15) is 4.79 Å². The van der Waals surface area contributed by atoms with Crippen LogP contribution >= 0.6 is 0 Å². The summed E-state index contributed by atoms with van der Waals surface area (Å²) in [6.45, 7) is 7.62. The van der Waals surface area contributed by atoms with Crippen molar-refractivity contribution in [3.63, 3.8) is 0 Å². The number of carbonyl (C=O) groups is 1. The van der Waals surface area contributed by atoms with E-state index in [-0.39, 0.29) is 18.9 Å². The van der Waals surface area contributed by atoms with E-state index in [1.165, 1.54) is 0 Å². The largest absolute Gasteiger partial charge is 0.396 e. The third-order valence-corrected chi connectivity index (χ3v) is 4.44. The molecule has 0 saturated heterocycles. The van der Waals surface area contributed by atoms with Gasteiger partial charge in [-0.1, -0.05) is 18.2 Å². The van der Waals surface area contributed by atoms with Crippen LogP contribution in [0.2, 0.25) is 0 Å². The molecular weight excluding hydrogens is 452 g/mol. The van der Waals surface area contributed by atoms with Gasteiger partial charge in [0.1, 0.15) is 0 Å². The molecule has 1 aromatic carbocycles. The molecule has 2 rings (SSSR count). The fourth-order valence-corrected chi connectivity index (χ4v) is 2.78. The van der Waals surface area contributed by atoms with Gasteiger partial charge in [-0.05, 0) is 24.1 Å². The normalized spacial score (nSPS) is 10.6. The molecule has 1 heterocycles. The summed E-state index contributed by atoms with van der Waals surface area (Å²) in [5.41, 5.74) is 6.98. The van der Waals surface area contributed by atoms with Gasteiger partial charge in [0.2, 0.25) is 23.8 Å². The van der Waals surface area contributed by atoms with Crippen LogP contribution in [0.5, 0.6) is 0 Å². The number of hydrogen-bond acceptors (Lipinski definition) is 11. The van der Waals surface area contributed by atoms with Gasteiger partial charge in [0.15, 0.2) is 0 Å². The van der Waals surface area contributed by atoms with Crippen molar-refractivity contribution in [2.75, 3.05) is 75.2 Å². The fourth-order valence-electron chi connectivity index (χ4n) is 2.78. The molecule has 0 bridgehead atoms. The highest BCUT2D eigenvalue weighted by Crippen LogP contribution is 2.17. The Balaban J connectivity index is 1.82. The van der Waals surface area contributed by atoms with Gasteiger partial charge < -0.3 is 41.6 Å². The third kappa shape index (κ3) is 12.1. The molecule has 12 nitrogen and oxygen atoms in total. The molecule has 0 atom stereocenters. The number of aliphatic hydroxyl groups excluding tert-OH is 1. The first-order chi connectivity index (χ1) is 17.1. The van der Waals surface area contributed by atoms with E-state index in [2.05, 4.69) is 42.8 Å². The minimum Gasteiger partial charge on any atom is -0.396 e. The van der Waals surface area contributed by atoms with E-state index >= 15 is 0 Å². The second-order valence-corrected chi connectivity index (χ2v) is 7.34. The van der Waals surface area contributed by atoms with Gasteiger partial charge in [0.05, 0.1) is 32.8 Å². The molecule has 12 heteroatoms. The Bertz CT molecular complexity index is 882. The molecule has 0 aliphatic carbocycles. The van der Waals surface area contributed by atoms with Gasteiger partial charge in [-0.15, -0.1) is 6.58 Å². The zero-order valence-electron chi connectivity index (χ0n) is 20.0. The Morgan fingerprint density at radius 3 is 2.34 bits per heavy atom. The third-order valence-electron chi connectivity index (χ3n) is 4.44. The number of rotatable bonds is 19. The van der Waals surface area contributed by atoms with Crippen molar-refractivity contribution >= 4 is 29.4 Å². The Kier molecular flexibility index (Phi) is 13.7. The average Bonchev–Trinajstić information content (AvgIpc) is 2.86. The summed E-state index contributed by atoms with van der Waals surface area (Å²) in [6, 6.07) is 7.44. The molecule has 7 N–H and O–H groups in total. The van der Waals surface area contributed by atoms with E-state index in [1.807, 2.05) is 24.3 Å². The molecule has 1 amide bonds. The summed E-state index contributed by atoms with van der Waals surface area (Å²) < 4.78 is 10.6. The number of amides is 1. The van der Waals surface area contributed by atoms with Crippen LogP contribution < -0.4 is 27.0 Å². The van der Waals surface area contributed by atoms with Gasteiger partial charge in [-0.2, -0.15) is 15.0 Å². The number of carbonyl (C=O) groups excluding carboxylic acids is 1. The van der Waals surface area contributed by atoms with Crippen LogP contribution in [0.15, 0.2) is 36.9 Å². The molecule has 0 spiro atoms. The Morgan fingerprint density at radius 2 is 1.66 bits per heavy atom. The Morgan fingerprint density at radius 1 is 0.971 bits per heavy atom. The van der Waals surface area contributed by atoms with Crippen LogP contribution in [-0.4, -0.2) is 85.2 Å². The van der Waals surface area contributed by atoms with Gasteiger partial charge >= 0.3 is 0 Å². The van der Waals surface area contributed by atoms with Crippen molar-refractivity contribution in [1.82, 2.24) is 20.3 Å². The van der Waals surface area contributed by atoms with Gasteiger partial charge in [0, 0.05) is 38.5 Å². The lowest BCUT2D eigenvalue weighted by atomic mass is 10.1. The average molecular weight is 489 g/mol. The summed E-state index contributed by atoms with van der Waals surface area (Å²) in [5, 5.41) is 21.1. The maximum absolute atomic E-state index is 12.1. The summed E-state index contributed by atoms with van der Waals surface area (Å²) in [4.78, 5) is 25.2. The topological polar surface area (TPSA) is 169 Å². The molecular formula is C23H36N8O4. The number of nitrogens with zero attached hydrogens (tertiary/aromatic N) is 3. The maximum Gasteiger partial charge on any atom is 0.233 e. The zero-order valence-corrected chi connectivity index (χ0v) is 20.0. The lowest BCUT2D eigenvalue weighted by Crippen LogP contribution is -2.29. The van der Waals surface area contributed by atoms with Crippen LogP contribution in [-0.2, 0) is 20.7 Å². The van der Waals surface area contributed by atoms with Crippen LogP contribution in [0.25, 0.3) is 0 Å². The number of aliphatic hydroxyl groups is 1. The molecule has 0 aliphatic rings. The molecule has 0 fully saturated rings. The molecule has 0 radical (unpaired) electrons. The van der Waals surface area contributed by atoms with E-state index in [0.29, 0.717) is 76.9 Å². The number of nitrogens with one attached hydrogen (secondary N) is 4. The van der Waals surface area contributed by atoms with Crippen LogP contribution in [0.3, 0.4) is 0 Å². The predicted octanol–water partition coefficient (Wildman–Crippen LogP) is 0.658. The van der Waals surface area contributed by atoms with Crippen LogP contribution in [0.1, 0.15) is 12.0 Å². The Hall–Kier alpha value is -3.32. The van der Waals surface area contributed by atoms with Crippen molar-refractivity contribution in [3.8, 4) is 0 Å². The molecule has 2 aromatic rings. The van der Waals surface area contributed by atoms with Crippen molar-refractivity contribution in [3.05, 3.63) is 42.5 Å². The Labute approximate surface area is 205 Å². The maximum atomic E-state index is 12.1. The van der Waals surface area contributed by atoms with Gasteiger partial charge in [-0.3, -0.25) is 4.79 Å². The summed E-state index contributed by atoms with van der Waals surface area (Å²) >= 11 is 0. The smallest absolute Gasteiger partial charge is 0.233 e. The quantitative estimate of drug-likeness (QED) is 0.121. The summed E-state index contributed by atoms with van der Waals surface area (Å²) in [7, 11) is 0.